The van der Waals surface area contributed by atoms with Gasteiger partial charge in [0, 0.05) is 72.3 Å². The number of halogens is 11. The summed E-state index contributed by atoms with van der Waals surface area (Å²) in [5.74, 6) is -7.04. The molecule has 0 fully saturated rings. The van der Waals surface area contributed by atoms with Crippen LogP contribution in [0.5, 0.6) is 0 Å². The SMILES string of the molecule is C.CC(C)(C)[C@H](N)CO.O.P.PP.S.S.S.S.[C-]#[N+]c1cc(F)c(C[C@H](CO)C(C)(C)C)nc1-c1c[nH]c2c(F)cc(F)cc12.[C-]#[N+]c1cc(F)c(C[C@H](CO)C(C)(C)C)nc1-c1cn(S(=O)(=O)c2ccc(C)cc2)c2c(F)cc(F)cc12.[C-]#[N+]c1cc(F)c(C[C@H](CO)C(C)(C)C)nc1Cl.[C-]#[N+]c1cc(F)c(Cl)nc1Cl.[Li+].[OH-]. The minimum atomic E-state index is -4.34. The van der Waals surface area contributed by atoms with Crippen LogP contribution in [0.4, 0.5) is 57.9 Å². The minimum absolute atomic E-state index is 0. The van der Waals surface area contributed by atoms with Gasteiger partial charge in [-0.15, -0.1) is 17.9 Å². The molecule has 3 aromatic carbocycles. The first kappa shape index (κ1) is 119. The second-order valence-corrected chi connectivity index (χ2v) is 31.2. The van der Waals surface area contributed by atoms with E-state index in [2.05, 4.69) is 62.2 Å². The molecule has 19 nitrogen and oxygen atoms in total. The van der Waals surface area contributed by atoms with Gasteiger partial charge in [0.1, 0.15) is 56.5 Å². The van der Waals surface area contributed by atoms with Crippen molar-refractivity contribution in [2.45, 2.75) is 128 Å². The molecular formula is C75H100Cl3F8LiN11O8P3S5. The summed E-state index contributed by atoms with van der Waals surface area (Å²) in [6, 6.07) is 13.4. The number of aliphatic hydroxyl groups is 4. The zero-order valence-electron chi connectivity index (χ0n) is 64.4. The van der Waals surface area contributed by atoms with E-state index in [1.54, 1.807) is 19.1 Å². The number of nitrogens with one attached hydrogen (secondary N) is 1. The second kappa shape index (κ2) is 51.8. The summed E-state index contributed by atoms with van der Waals surface area (Å²) in [6.45, 7) is 53.1. The van der Waals surface area contributed by atoms with E-state index in [1.165, 1.54) is 18.3 Å². The van der Waals surface area contributed by atoms with E-state index in [9.17, 15) is 54.5 Å². The standard InChI is InChI=1S/C28H26F3N3O3S.C21H20F3N3O.C13H16ClFN2O.C6HCl2FN2.C6H15NO.CH4.Li.2H2O.H4P2.H3P.4H2S/c1-16-6-8-19(9-7-16)38(36,37)34-14-21(20-11-18(29)12-23(31)27(20)34)26-25(32-5)13-22(30)24(33-26)10-17(15-35)28(2,3)4;1-21(2,3)11(10-28)5-17-15(23)8-18(25-4)20(27-17)14-9-26-19-13(14)6-12(22)7-16(19)24;1-13(2,3)8(7-18)5-10-9(15)6-11(16-4)12(14)17-10;1-10-4-2-3(9)5(7)11-6(4)8;1-6(2,3)5(7)4-8;;;;;1-2;;;;;/h6-9,11-14,17,35H,10,15H2,1-4H3;6-9,11,26,28H,5,10H2,1-3H3;6,8,18H,5,7H2,1-3H3;2H;5,8H,4,7H2,1-3H3;1H4;;2*1H2;1-2H2;1H3;4*1H2/q;;;;;;+1;;;;;;;;/p-1/t17-;11-;8-;;5-;;;;;;;;;;/m111.1........../s1. The number of aromatic amines is 1. The molecule has 6 aromatic heterocycles. The molecule has 7 atom stereocenters. The quantitative estimate of drug-likeness (QED) is 0.0195. The monoisotopic (exact) mass is 1800 g/mol. The first-order valence-electron chi connectivity index (χ1n) is 31.9. The third-order valence-corrected chi connectivity index (χ3v) is 19.4. The number of aryl methyl sites for hydroxylation is 1. The summed E-state index contributed by atoms with van der Waals surface area (Å²) in [6.07, 6.45) is 3.00. The molecule has 6 heterocycles. The summed E-state index contributed by atoms with van der Waals surface area (Å²) in [4.78, 5) is 31.3. The molecule has 39 heteroatoms. The van der Waals surface area contributed by atoms with Gasteiger partial charge in [-0.2, -0.15) is 63.9 Å². The molecule has 626 valence electrons. The van der Waals surface area contributed by atoms with E-state index in [1.807, 2.05) is 83.1 Å². The van der Waals surface area contributed by atoms with Gasteiger partial charge in [-0.25, -0.2) is 76.9 Å². The zero-order valence-corrected chi connectivity index (χ0v) is 75.2. The molecular weight excluding hydrogens is 1700 g/mol. The maximum absolute atomic E-state index is 15.1. The number of H-pyrrole nitrogens is 1. The van der Waals surface area contributed by atoms with Gasteiger partial charge in [-0.1, -0.05) is 143 Å². The van der Waals surface area contributed by atoms with Crippen molar-refractivity contribution in [1.29, 1.82) is 0 Å². The van der Waals surface area contributed by atoms with Crippen molar-refractivity contribution in [3.05, 3.63) is 216 Å². The van der Waals surface area contributed by atoms with Crippen molar-refractivity contribution in [3.63, 3.8) is 0 Å². The van der Waals surface area contributed by atoms with Crippen molar-refractivity contribution in [2.24, 2.45) is 45.1 Å². The Morgan fingerprint density at radius 1 is 0.518 bits per heavy atom. The van der Waals surface area contributed by atoms with Crippen LogP contribution in [0.3, 0.4) is 0 Å². The van der Waals surface area contributed by atoms with Gasteiger partial charge in [0.05, 0.1) is 71.8 Å². The summed E-state index contributed by atoms with van der Waals surface area (Å²) >= 11 is 16.5. The van der Waals surface area contributed by atoms with Crippen LogP contribution in [0, 0.1) is 119 Å². The predicted octanol–water partition coefficient (Wildman–Crippen LogP) is 16.7. The Balaban J connectivity index is -0.000000340. The smallest absolute Gasteiger partial charge is 0.870 e. The van der Waals surface area contributed by atoms with Crippen LogP contribution < -0.4 is 24.6 Å². The molecule has 9 aromatic rings. The van der Waals surface area contributed by atoms with Crippen molar-refractivity contribution >= 4 is 171 Å². The number of nitrogens with two attached hydrogens (primary N) is 1. The molecule has 0 spiro atoms. The molecule has 0 saturated heterocycles. The molecule has 9 rings (SSSR count). The number of hydrogen-bond donors (Lipinski definition) is 6. The Labute approximate surface area is 725 Å². The molecule has 114 heavy (non-hydrogen) atoms. The number of benzene rings is 3. The normalized spacial score (nSPS) is 11.7. The number of fused-ring (bicyclic) bond motifs is 2. The Bertz CT molecular complexity index is 4890. The molecule has 0 radical (unpaired) electrons. The van der Waals surface area contributed by atoms with Crippen molar-refractivity contribution < 1.29 is 93.8 Å². The fourth-order valence-electron chi connectivity index (χ4n) is 9.82. The number of pyridine rings is 4. The largest absolute Gasteiger partial charge is 1.00 e. The predicted molar refractivity (Wildman–Crippen MR) is 469 cm³/mol. The van der Waals surface area contributed by atoms with Crippen molar-refractivity contribution in [3.8, 4) is 22.5 Å². The molecule has 0 bridgehead atoms. The molecule has 10 N–H and O–H groups in total. The first-order valence-corrected chi connectivity index (χ1v) is 37.2. The van der Waals surface area contributed by atoms with Gasteiger partial charge < -0.3 is 42.1 Å². The maximum atomic E-state index is 15.1. The van der Waals surface area contributed by atoms with E-state index in [0.717, 1.165) is 54.2 Å². The van der Waals surface area contributed by atoms with E-state index in [4.69, 9.17) is 71.9 Å². The summed E-state index contributed by atoms with van der Waals surface area (Å²) < 4.78 is 141. The van der Waals surface area contributed by atoms with E-state index in [0.29, 0.717) is 22.0 Å². The van der Waals surface area contributed by atoms with Crippen LogP contribution in [0.15, 0.2) is 90.1 Å². The zero-order chi connectivity index (χ0) is 79.8. The van der Waals surface area contributed by atoms with Crippen LogP contribution in [-0.2, 0) is 29.3 Å². The maximum Gasteiger partial charge on any atom is 1.00 e. The topological polar surface area (TPSA) is 292 Å². The minimum Gasteiger partial charge on any atom is -0.870 e. The molecule has 0 aliphatic heterocycles. The van der Waals surface area contributed by atoms with Crippen LogP contribution in [-0.4, -0.2) is 101 Å². The summed E-state index contributed by atoms with van der Waals surface area (Å²) in [5, 5.41) is 37.1. The average Bonchev–Trinajstić information content (AvgIpc) is 1.58. The number of nitrogens with zero attached hydrogens (tertiary/aromatic N) is 9. The van der Waals surface area contributed by atoms with E-state index < -0.39 is 67.5 Å². The van der Waals surface area contributed by atoms with Gasteiger partial charge in [-0.05, 0) is 114 Å². The Morgan fingerprint density at radius 2 is 0.868 bits per heavy atom. The Morgan fingerprint density at radius 3 is 1.23 bits per heavy atom. The second-order valence-electron chi connectivity index (χ2n) is 28.3. The van der Waals surface area contributed by atoms with E-state index in [-0.39, 0.29) is 274 Å². The summed E-state index contributed by atoms with van der Waals surface area (Å²) in [5.41, 5.74) is 5.39. The molecule has 0 saturated carbocycles. The van der Waals surface area contributed by atoms with Crippen molar-refractivity contribution in [2.75, 3.05) is 26.4 Å². The molecule has 0 aliphatic rings. The van der Waals surface area contributed by atoms with E-state index >= 15 is 4.39 Å². The van der Waals surface area contributed by atoms with Crippen LogP contribution in [0.1, 0.15) is 113 Å². The van der Waals surface area contributed by atoms with Crippen LogP contribution in [0.2, 0.25) is 15.5 Å². The number of aliphatic hydroxyl groups excluding tert-OH is 4. The number of aromatic nitrogens is 6. The third-order valence-electron chi connectivity index (χ3n) is 16.9. The molecule has 0 aliphatic carbocycles. The number of rotatable bonds is 14. The fraction of sp³-hybridized carbons (Fsp3) is 0.387. The van der Waals surface area contributed by atoms with Crippen LogP contribution >= 0.6 is 117 Å². The van der Waals surface area contributed by atoms with Gasteiger partial charge in [0.25, 0.3) is 10.0 Å². The molecule has 0 amide bonds. The van der Waals surface area contributed by atoms with Gasteiger partial charge in [-0.3, -0.25) is 9.97 Å². The fourth-order valence-corrected chi connectivity index (χ4v) is 11.8. The van der Waals surface area contributed by atoms with Gasteiger partial charge in [0.2, 0.25) is 22.7 Å². The average molecular weight is 1800 g/mol. The first-order chi connectivity index (χ1) is 48.8. The molecule has 3 unspecified atom stereocenters. The third kappa shape index (κ3) is 31.7. The summed E-state index contributed by atoms with van der Waals surface area (Å²) in [7, 11) is 0.323. The Kier molecular flexibility index (Phi) is 54.3. The number of hydrogen-bond acceptors (Lipinski definition) is 12. The van der Waals surface area contributed by atoms with Crippen LogP contribution in [0.25, 0.3) is 63.7 Å². The Hall–Kier alpha value is -5.43. The van der Waals surface area contributed by atoms with Gasteiger partial charge >= 0.3 is 18.9 Å². The van der Waals surface area contributed by atoms with Crippen molar-refractivity contribution in [1.82, 2.24) is 28.9 Å². The van der Waals surface area contributed by atoms with Gasteiger partial charge in [0.15, 0.2) is 11.0 Å².